The van der Waals surface area contributed by atoms with Crippen LogP contribution in [0.3, 0.4) is 0 Å². The van der Waals surface area contributed by atoms with E-state index >= 15 is 0 Å². The standard InChI is InChI=1S/C21H25F3N2O4/c1-4-5-13-26-14(2)17(18(28)30-3)20(19(26)29,21(22,23)24)25-16(27)12-11-15-9-7-6-8-10-15/h6-10H,4-5,11-13H2,1-3H3,(H,25,27)/t20-/m1/s1. The molecular formula is C21H25F3N2O4. The van der Waals surface area contributed by atoms with E-state index < -0.39 is 35.1 Å². The van der Waals surface area contributed by atoms with Crippen molar-refractivity contribution in [2.24, 2.45) is 0 Å². The zero-order valence-corrected chi connectivity index (χ0v) is 17.1. The lowest BCUT2D eigenvalue weighted by Gasteiger charge is -2.33. The Balaban J connectivity index is 2.42. The highest BCUT2D eigenvalue weighted by Crippen LogP contribution is 2.45. The first-order valence-electron chi connectivity index (χ1n) is 9.63. The minimum atomic E-state index is -5.24. The molecule has 0 fully saturated rings. The molecule has 1 aromatic rings. The molecule has 0 saturated heterocycles. The Morgan fingerprint density at radius 2 is 1.83 bits per heavy atom. The van der Waals surface area contributed by atoms with Gasteiger partial charge in [0, 0.05) is 18.7 Å². The van der Waals surface area contributed by atoms with E-state index in [9.17, 15) is 27.6 Å². The maximum absolute atomic E-state index is 14.3. The molecule has 2 amide bonds. The number of ether oxygens (including phenoxy) is 1. The fourth-order valence-corrected chi connectivity index (χ4v) is 3.48. The topological polar surface area (TPSA) is 75.7 Å². The molecule has 6 nitrogen and oxygen atoms in total. The summed E-state index contributed by atoms with van der Waals surface area (Å²) in [6.07, 6.45) is -4.26. The van der Waals surface area contributed by atoms with E-state index in [0.717, 1.165) is 17.6 Å². The highest BCUT2D eigenvalue weighted by Gasteiger charge is 2.70. The smallest absolute Gasteiger partial charge is 0.425 e. The Bertz CT molecular complexity index is 836. The molecule has 1 aliphatic rings. The summed E-state index contributed by atoms with van der Waals surface area (Å²) < 4.78 is 47.4. The van der Waals surface area contributed by atoms with Gasteiger partial charge in [0.05, 0.1) is 7.11 Å². The number of methoxy groups -OCH3 is 1. The van der Waals surface area contributed by atoms with Gasteiger partial charge in [0.2, 0.25) is 11.4 Å². The largest absolute Gasteiger partial charge is 0.466 e. The molecule has 1 atom stereocenters. The number of nitrogens with zero attached hydrogens (tertiary/aromatic N) is 1. The van der Waals surface area contributed by atoms with E-state index in [4.69, 9.17) is 0 Å². The first-order chi connectivity index (χ1) is 14.1. The summed E-state index contributed by atoms with van der Waals surface area (Å²) in [5.41, 5.74) is -3.77. The first kappa shape index (κ1) is 23.4. The Morgan fingerprint density at radius 1 is 1.20 bits per heavy atom. The number of hydrogen-bond acceptors (Lipinski definition) is 4. The average Bonchev–Trinajstić information content (AvgIpc) is 2.92. The molecule has 1 aromatic carbocycles. The van der Waals surface area contributed by atoms with Crippen molar-refractivity contribution in [2.75, 3.05) is 13.7 Å². The molecule has 0 unspecified atom stereocenters. The lowest BCUT2D eigenvalue weighted by molar-refractivity contribution is -0.196. The van der Waals surface area contributed by atoms with E-state index in [-0.39, 0.29) is 25.1 Å². The van der Waals surface area contributed by atoms with Gasteiger partial charge >= 0.3 is 12.1 Å². The average molecular weight is 426 g/mol. The number of esters is 1. The fourth-order valence-electron chi connectivity index (χ4n) is 3.48. The monoisotopic (exact) mass is 426 g/mol. The zero-order valence-electron chi connectivity index (χ0n) is 17.1. The SMILES string of the molecule is CCCCN1C(=O)[C@@](NC(=O)CCc2ccccc2)(C(F)(F)F)C(C(=O)OC)=C1C. The predicted octanol–water partition coefficient (Wildman–Crippen LogP) is 3.13. The predicted molar refractivity (Wildman–Crippen MR) is 103 cm³/mol. The quantitative estimate of drug-likeness (QED) is 0.648. The van der Waals surface area contributed by atoms with Gasteiger partial charge < -0.3 is 15.0 Å². The van der Waals surface area contributed by atoms with E-state index in [2.05, 4.69) is 4.74 Å². The van der Waals surface area contributed by atoms with Gasteiger partial charge in [-0.15, -0.1) is 0 Å². The summed E-state index contributed by atoms with van der Waals surface area (Å²) in [6, 6.07) is 8.75. The minimum absolute atomic E-state index is 0.000618. The van der Waals surface area contributed by atoms with Gasteiger partial charge in [-0.05, 0) is 25.3 Å². The van der Waals surface area contributed by atoms with E-state index in [1.165, 1.54) is 6.92 Å². The van der Waals surface area contributed by atoms with Crippen molar-refractivity contribution >= 4 is 17.8 Å². The molecule has 1 aliphatic heterocycles. The zero-order chi connectivity index (χ0) is 22.5. The maximum Gasteiger partial charge on any atom is 0.425 e. The Morgan fingerprint density at radius 3 is 2.37 bits per heavy atom. The summed E-state index contributed by atoms with van der Waals surface area (Å²) in [4.78, 5) is 38.7. The number of aryl methyl sites for hydroxylation is 1. The summed E-state index contributed by atoms with van der Waals surface area (Å²) in [6.45, 7) is 3.08. The lowest BCUT2D eigenvalue weighted by atomic mass is 9.88. The third-order valence-corrected chi connectivity index (χ3v) is 5.07. The molecule has 0 aromatic heterocycles. The molecule has 0 spiro atoms. The number of rotatable bonds is 8. The van der Waals surface area contributed by atoms with Crippen LogP contribution >= 0.6 is 0 Å². The maximum atomic E-state index is 14.3. The molecule has 0 saturated carbocycles. The molecule has 9 heteroatoms. The normalized spacial score (nSPS) is 19.3. The van der Waals surface area contributed by atoms with Crippen molar-refractivity contribution in [3.05, 3.63) is 47.2 Å². The Kier molecular flexibility index (Phi) is 7.28. The van der Waals surface area contributed by atoms with Crippen molar-refractivity contribution < 1.29 is 32.3 Å². The van der Waals surface area contributed by atoms with Gasteiger partial charge in [0.1, 0.15) is 5.57 Å². The second-order valence-electron chi connectivity index (χ2n) is 7.04. The number of benzene rings is 1. The van der Waals surface area contributed by atoms with Crippen LogP contribution in [0, 0.1) is 0 Å². The van der Waals surface area contributed by atoms with Gasteiger partial charge in [0.25, 0.3) is 5.91 Å². The molecule has 0 bridgehead atoms. The molecule has 0 radical (unpaired) electrons. The fraction of sp³-hybridized carbons (Fsp3) is 0.476. The van der Waals surface area contributed by atoms with Gasteiger partial charge in [-0.3, -0.25) is 9.59 Å². The van der Waals surface area contributed by atoms with Gasteiger partial charge in [-0.25, -0.2) is 4.79 Å². The number of unbranched alkanes of at least 4 members (excludes halogenated alkanes) is 1. The third kappa shape index (κ3) is 4.34. The summed E-state index contributed by atoms with van der Waals surface area (Å²) >= 11 is 0. The molecular weight excluding hydrogens is 401 g/mol. The highest BCUT2D eigenvalue weighted by molar-refractivity contribution is 6.10. The van der Waals surface area contributed by atoms with Gasteiger partial charge in [-0.1, -0.05) is 43.7 Å². The van der Waals surface area contributed by atoms with Crippen LogP contribution < -0.4 is 5.32 Å². The molecule has 0 aliphatic carbocycles. The van der Waals surface area contributed by atoms with Crippen molar-refractivity contribution in [1.29, 1.82) is 0 Å². The van der Waals surface area contributed by atoms with Crippen LogP contribution in [-0.2, 0) is 25.5 Å². The van der Waals surface area contributed by atoms with Gasteiger partial charge in [-0.2, -0.15) is 13.2 Å². The van der Waals surface area contributed by atoms with Crippen LogP contribution in [0.5, 0.6) is 0 Å². The molecule has 30 heavy (non-hydrogen) atoms. The first-order valence-corrected chi connectivity index (χ1v) is 9.63. The second kappa shape index (κ2) is 9.32. The van der Waals surface area contributed by atoms with Crippen LogP contribution in [0.1, 0.15) is 38.7 Å². The summed E-state index contributed by atoms with van der Waals surface area (Å²) in [7, 11) is 0.931. The van der Waals surface area contributed by atoms with Crippen LogP contribution in [0.2, 0.25) is 0 Å². The van der Waals surface area contributed by atoms with Crippen molar-refractivity contribution in [1.82, 2.24) is 10.2 Å². The van der Waals surface area contributed by atoms with Crippen LogP contribution in [0.25, 0.3) is 0 Å². The van der Waals surface area contributed by atoms with E-state index in [1.54, 1.807) is 30.3 Å². The number of carbonyl (C=O) groups excluding carboxylic acids is 3. The molecule has 1 N–H and O–H groups in total. The van der Waals surface area contributed by atoms with E-state index in [1.807, 2.05) is 12.2 Å². The Hall–Kier alpha value is -2.84. The minimum Gasteiger partial charge on any atom is -0.466 e. The van der Waals surface area contributed by atoms with Gasteiger partial charge in [0.15, 0.2) is 0 Å². The van der Waals surface area contributed by atoms with E-state index in [0.29, 0.717) is 12.8 Å². The molecule has 1 heterocycles. The number of allylic oxidation sites excluding steroid dienone is 1. The highest BCUT2D eigenvalue weighted by atomic mass is 19.4. The number of carbonyl (C=O) groups is 3. The van der Waals surface area contributed by atoms with Crippen LogP contribution in [0.4, 0.5) is 13.2 Å². The summed E-state index contributed by atoms with van der Waals surface area (Å²) in [5, 5.41) is 1.84. The number of hydrogen-bond donors (Lipinski definition) is 1. The lowest BCUT2D eigenvalue weighted by Crippen LogP contribution is -2.66. The third-order valence-electron chi connectivity index (χ3n) is 5.07. The number of alkyl halides is 3. The van der Waals surface area contributed by atoms with Crippen LogP contribution in [0.15, 0.2) is 41.6 Å². The number of halogens is 3. The van der Waals surface area contributed by atoms with Crippen molar-refractivity contribution in [3.8, 4) is 0 Å². The molecule has 164 valence electrons. The summed E-state index contributed by atoms with van der Waals surface area (Å²) in [5.74, 6) is -3.69. The Labute approximate surface area is 173 Å². The van der Waals surface area contributed by atoms with Crippen molar-refractivity contribution in [3.63, 3.8) is 0 Å². The van der Waals surface area contributed by atoms with Crippen molar-refractivity contribution in [2.45, 2.75) is 51.2 Å². The number of nitrogens with one attached hydrogen (secondary N) is 1. The number of amides is 2. The van der Waals surface area contributed by atoms with Crippen LogP contribution in [-0.4, -0.2) is 48.1 Å². The molecule has 2 rings (SSSR count). The second-order valence-corrected chi connectivity index (χ2v) is 7.04.